The number of carbonyl (C=O) groups is 1. The molecule has 0 N–H and O–H groups in total. The molecule has 1 amide bonds. The molecule has 0 saturated heterocycles. The summed E-state index contributed by atoms with van der Waals surface area (Å²) in [5.74, 6) is 1.01. The maximum atomic E-state index is 13.1. The Morgan fingerprint density at radius 2 is 2.11 bits per heavy atom. The monoisotopic (exact) mass is 383 g/mol. The first kappa shape index (κ1) is 19.7. The van der Waals surface area contributed by atoms with Crippen molar-refractivity contribution in [1.29, 1.82) is 0 Å². The van der Waals surface area contributed by atoms with Crippen LogP contribution in [0.5, 0.6) is 5.75 Å². The number of aromatic nitrogens is 2. The third kappa shape index (κ3) is 4.24. The molecule has 0 aliphatic carbocycles. The minimum absolute atomic E-state index is 0.0127. The van der Waals surface area contributed by atoms with Gasteiger partial charge in [-0.15, -0.1) is 0 Å². The van der Waals surface area contributed by atoms with Gasteiger partial charge in [-0.25, -0.2) is 9.78 Å². The van der Waals surface area contributed by atoms with Gasteiger partial charge >= 0.3 is 5.63 Å². The maximum absolute atomic E-state index is 13.1. The minimum Gasteiger partial charge on any atom is -0.491 e. The second-order valence-corrected chi connectivity index (χ2v) is 6.99. The second kappa shape index (κ2) is 8.29. The summed E-state index contributed by atoms with van der Waals surface area (Å²) in [4.78, 5) is 31.5. The number of rotatable bonds is 7. The van der Waals surface area contributed by atoms with E-state index in [9.17, 15) is 9.59 Å². The highest BCUT2D eigenvalue weighted by atomic mass is 16.5. The quantitative estimate of drug-likeness (QED) is 0.585. The van der Waals surface area contributed by atoms with Gasteiger partial charge < -0.3 is 18.6 Å². The number of aryl methyl sites for hydroxylation is 1. The average molecular weight is 383 g/mol. The lowest BCUT2D eigenvalue weighted by molar-refractivity contribution is 0.0733. The van der Waals surface area contributed by atoms with E-state index >= 15 is 0 Å². The molecule has 0 spiro atoms. The normalized spacial score (nSPS) is 11.2. The topological polar surface area (TPSA) is 77.6 Å². The molecule has 28 heavy (non-hydrogen) atoms. The van der Waals surface area contributed by atoms with Gasteiger partial charge in [0.25, 0.3) is 5.91 Å². The van der Waals surface area contributed by atoms with Gasteiger partial charge in [-0.3, -0.25) is 4.79 Å². The van der Waals surface area contributed by atoms with Crippen molar-refractivity contribution in [1.82, 2.24) is 14.5 Å². The molecule has 0 aliphatic heterocycles. The van der Waals surface area contributed by atoms with Gasteiger partial charge in [0, 0.05) is 37.4 Å². The molecule has 7 nitrogen and oxygen atoms in total. The lowest BCUT2D eigenvalue weighted by Gasteiger charge is -2.21. The third-order valence-electron chi connectivity index (χ3n) is 4.34. The van der Waals surface area contributed by atoms with Crippen LogP contribution in [-0.2, 0) is 13.6 Å². The maximum Gasteiger partial charge on any atom is 0.349 e. The summed E-state index contributed by atoms with van der Waals surface area (Å²) in [7, 11) is 1.87. The zero-order valence-electron chi connectivity index (χ0n) is 16.6. The Balaban J connectivity index is 1.93. The van der Waals surface area contributed by atoms with E-state index < -0.39 is 5.63 Å². The summed E-state index contributed by atoms with van der Waals surface area (Å²) in [6, 6.07) is 6.84. The summed E-state index contributed by atoms with van der Waals surface area (Å²) >= 11 is 0. The van der Waals surface area contributed by atoms with Gasteiger partial charge in [-0.1, -0.05) is 6.92 Å². The molecule has 3 aromatic rings. The van der Waals surface area contributed by atoms with Crippen molar-refractivity contribution in [3.63, 3.8) is 0 Å². The molecule has 0 saturated carbocycles. The van der Waals surface area contributed by atoms with E-state index in [0.29, 0.717) is 29.8 Å². The summed E-state index contributed by atoms with van der Waals surface area (Å²) in [5.41, 5.74) is -0.237. The van der Waals surface area contributed by atoms with Crippen LogP contribution in [0.2, 0.25) is 0 Å². The van der Waals surface area contributed by atoms with Gasteiger partial charge in [-0.2, -0.15) is 0 Å². The molecule has 0 bridgehead atoms. The number of imidazole rings is 1. The predicted molar refractivity (Wildman–Crippen MR) is 106 cm³/mol. The van der Waals surface area contributed by atoms with Crippen molar-refractivity contribution >= 4 is 16.9 Å². The summed E-state index contributed by atoms with van der Waals surface area (Å²) in [6.07, 6.45) is 4.29. The first-order valence-corrected chi connectivity index (χ1v) is 9.39. The van der Waals surface area contributed by atoms with Crippen molar-refractivity contribution in [2.45, 2.75) is 39.8 Å². The van der Waals surface area contributed by atoms with Crippen LogP contribution < -0.4 is 10.4 Å². The Kier molecular flexibility index (Phi) is 5.82. The third-order valence-corrected chi connectivity index (χ3v) is 4.34. The number of ether oxygens (including phenoxy) is 1. The summed E-state index contributed by atoms with van der Waals surface area (Å²) in [5, 5.41) is 0.674. The molecule has 7 heteroatoms. The molecule has 2 aromatic heterocycles. The van der Waals surface area contributed by atoms with Crippen LogP contribution in [-0.4, -0.2) is 33.0 Å². The number of amides is 1. The summed E-state index contributed by atoms with van der Waals surface area (Å²) < 4.78 is 12.9. The number of hydrogen-bond acceptors (Lipinski definition) is 5. The Labute approximate surface area is 163 Å². The van der Waals surface area contributed by atoms with Crippen LogP contribution >= 0.6 is 0 Å². The number of carbonyl (C=O) groups excluding carboxylic acids is 1. The average Bonchev–Trinajstić information content (AvgIpc) is 3.04. The van der Waals surface area contributed by atoms with Crippen LogP contribution in [0.25, 0.3) is 11.0 Å². The van der Waals surface area contributed by atoms with E-state index in [-0.39, 0.29) is 17.6 Å². The molecule has 2 heterocycles. The van der Waals surface area contributed by atoms with Gasteiger partial charge in [0.1, 0.15) is 22.7 Å². The molecule has 0 fully saturated rings. The van der Waals surface area contributed by atoms with Gasteiger partial charge in [-0.05, 0) is 38.5 Å². The van der Waals surface area contributed by atoms with E-state index in [4.69, 9.17) is 9.15 Å². The molecule has 0 atom stereocenters. The van der Waals surface area contributed by atoms with E-state index in [1.54, 1.807) is 35.4 Å². The van der Waals surface area contributed by atoms with E-state index in [1.807, 2.05) is 38.6 Å². The first-order chi connectivity index (χ1) is 13.4. The summed E-state index contributed by atoms with van der Waals surface area (Å²) in [6.45, 7) is 6.68. The fraction of sp³-hybridized carbons (Fsp3) is 0.381. The Morgan fingerprint density at radius 1 is 1.32 bits per heavy atom. The molecule has 0 aliphatic rings. The highest BCUT2D eigenvalue weighted by Gasteiger charge is 2.21. The number of fused-ring (bicyclic) bond motifs is 1. The molecule has 0 unspecified atom stereocenters. The SMILES string of the molecule is CCCN(Cc1nccn1C)C(=O)c1cc2ccc(OC(C)C)cc2oc1=O. The van der Waals surface area contributed by atoms with Crippen molar-refractivity contribution < 1.29 is 13.9 Å². The van der Waals surface area contributed by atoms with Crippen molar-refractivity contribution in [3.05, 3.63) is 58.5 Å². The zero-order valence-corrected chi connectivity index (χ0v) is 16.6. The fourth-order valence-electron chi connectivity index (χ4n) is 3.00. The Bertz CT molecular complexity index is 1040. The van der Waals surface area contributed by atoms with Crippen molar-refractivity contribution in [2.24, 2.45) is 7.05 Å². The van der Waals surface area contributed by atoms with E-state index in [1.165, 1.54) is 0 Å². The first-order valence-electron chi connectivity index (χ1n) is 9.39. The van der Waals surface area contributed by atoms with Crippen LogP contribution in [0.3, 0.4) is 0 Å². The van der Waals surface area contributed by atoms with Crippen LogP contribution in [0.15, 0.2) is 45.9 Å². The second-order valence-electron chi connectivity index (χ2n) is 6.99. The van der Waals surface area contributed by atoms with Crippen LogP contribution in [0, 0.1) is 0 Å². The highest BCUT2D eigenvalue weighted by molar-refractivity contribution is 5.96. The van der Waals surface area contributed by atoms with Gasteiger partial charge in [0.2, 0.25) is 0 Å². The minimum atomic E-state index is -0.653. The molecule has 0 radical (unpaired) electrons. The molecular weight excluding hydrogens is 358 g/mol. The Morgan fingerprint density at radius 3 is 2.75 bits per heavy atom. The standard InChI is InChI=1S/C21H25N3O4/c1-5-9-24(13-19-22-8-10-23(19)4)20(25)17-11-15-6-7-16(27-14(2)3)12-18(15)28-21(17)26/h6-8,10-12,14H,5,9,13H2,1-4H3. The zero-order chi connectivity index (χ0) is 20.3. The smallest absolute Gasteiger partial charge is 0.349 e. The fourth-order valence-corrected chi connectivity index (χ4v) is 3.00. The van der Waals surface area contributed by atoms with E-state index in [2.05, 4.69) is 4.98 Å². The molecule has 148 valence electrons. The lowest BCUT2D eigenvalue weighted by atomic mass is 10.1. The highest BCUT2D eigenvalue weighted by Crippen LogP contribution is 2.22. The van der Waals surface area contributed by atoms with E-state index in [0.717, 1.165) is 12.2 Å². The van der Waals surface area contributed by atoms with Gasteiger partial charge in [0.05, 0.1) is 12.6 Å². The van der Waals surface area contributed by atoms with Crippen LogP contribution in [0.1, 0.15) is 43.4 Å². The van der Waals surface area contributed by atoms with Crippen molar-refractivity contribution in [2.75, 3.05) is 6.54 Å². The predicted octanol–water partition coefficient (Wildman–Crippen LogP) is 3.37. The number of benzene rings is 1. The molecule has 1 aromatic carbocycles. The lowest BCUT2D eigenvalue weighted by Crippen LogP contribution is -2.35. The molecular formula is C21H25N3O4. The van der Waals surface area contributed by atoms with Gasteiger partial charge in [0.15, 0.2) is 0 Å². The largest absolute Gasteiger partial charge is 0.491 e. The van der Waals surface area contributed by atoms with Crippen LogP contribution in [0.4, 0.5) is 0 Å². The number of hydrogen-bond donors (Lipinski definition) is 0. The Hall–Kier alpha value is -3.09. The van der Waals surface area contributed by atoms with Crippen molar-refractivity contribution in [3.8, 4) is 5.75 Å². The molecule has 3 rings (SSSR count). The number of nitrogens with zero attached hydrogens (tertiary/aromatic N) is 3.